The molecule has 0 radical (unpaired) electrons. The van der Waals surface area contributed by atoms with E-state index in [4.69, 9.17) is 4.74 Å². The van der Waals surface area contributed by atoms with Crippen LogP contribution in [0.4, 0.5) is 5.69 Å². The molecule has 0 unspecified atom stereocenters. The number of para-hydroxylation sites is 1. The average Bonchev–Trinajstić information content (AvgIpc) is 3.11. The Kier molecular flexibility index (Phi) is 5.46. The van der Waals surface area contributed by atoms with Crippen LogP contribution in [0.15, 0.2) is 48.5 Å². The van der Waals surface area contributed by atoms with Crippen LogP contribution in [0.25, 0.3) is 10.9 Å². The molecule has 1 heterocycles. The molecular weight excluding hydrogens is 348 g/mol. The van der Waals surface area contributed by atoms with Gasteiger partial charge in [0, 0.05) is 11.1 Å². The minimum absolute atomic E-state index is 0.209. The molecular formula is C19H18N4O4. The van der Waals surface area contributed by atoms with Crippen LogP contribution >= 0.6 is 0 Å². The second-order valence-corrected chi connectivity index (χ2v) is 5.65. The number of hydrogen-bond acceptors (Lipinski definition) is 5. The highest BCUT2D eigenvalue weighted by atomic mass is 16.5. The average molecular weight is 366 g/mol. The van der Waals surface area contributed by atoms with Crippen molar-refractivity contribution in [1.82, 2.24) is 15.5 Å². The summed E-state index contributed by atoms with van der Waals surface area (Å²) in [7, 11) is 0. The maximum absolute atomic E-state index is 12.2. The maximum Gasteiger partial charge on any atom is 0.338 e. The summed E-state index contributed by atoms with van der Waals surface area (Å²) in [5.41, 5.74) is 1.88. The number of aromatic nitrogens is 2. The van der Waals surface area contributed by atoms with E-state index in [1.165, 1.54) is 0 Å². The summed E-state index contributed by atoms with van der Waals surface area (Å²) in [6.45, 7) is 1.81. The van der Waals surface area contributed by atoms with E-state index in [2.05, 4.69) is 20.8 Å². The summed E-state index contributed by atoms with van der Waals surface area (Å²) < 4.78 is 4.90. The van der Waals surface area contributed by atoms with E-state index in [-0.39, 0.29) is 12.2 Å². The minimum Gasteiger partial charge on any atom is -0.462 e. The molecule has 0 aliphatic heterocycles. The predicted molar refractivity (Wildman–Crippen MR) is 99.5 cm³/mol. The van der Waals surface area contributed by atoms with E-state index in [0.717, 1.165) is 5.52 Å². The SMILES string of the molecule is CCOC(=O)c1ccc(NC(=O)CNC(=O)c2n[nH]c3ccccc23)cc1. The van der Waals surface area contributed by atoms with E-state index in [0.29, 0.717) is 23.2 Å². The van der Waals surface area contributed by atoms with Gasteiger partial charge in [0.15, 0.2) is 5.69 Å². The van der Waals surface area contributed by atoms with E-state index in [9.17, 15) is 14.4 Å². The lowest BCUT2D eigenvalue weighted by atomic mass is 10.2. The number of nitrogens with one attached hydrogen (secondary N) is 3. The van der Waals surface area contributed by atoms with Gasteiger partial charge in [-0.2, -0.15) is 5.10 Å². The number of esters is 1. The van der Waals surface area contributed by atoms with Crippen LogP contribution in [-0.2, 0) is 9.53 Å². The van der Waals surface area contributed by atoms with Gasteiger partial charge in [-0.3, -0.25) is 14.7 Å². The van der Waals surface area contributed by atoms with Crippen LogP contribution in [-0.4, -0.2) is 41.1 Å². The van der Waals surface area contributed by atoms with Crippen LogP contribution in [0, 0.1) is 0 Å². The zero-order valence-corrected chi connectivity index (χ0v) is 14.6. The molecule has 3 aromatic rings. The Bertz CT molecular complexity index is 979. The number of ether oxygens (including phenoxy) is 1. The van der Waals surface area contributed by atoms with Gasteiger partial charge in [-0.25, -0.2) is 4.79 Å². The Balaban J connectivity index is 1.55. The lowest BCUT2D eigenvalue weighted by Crippen LogP contribution is -2.33. The topological polar surface area (TPSA) is 113 Å². The van der Waals surface area contributed by atoms with Crippen LogP contribution < -0.4 is 10.6 Å². The van der Waals surface area contributed by atoms with Crippen molar-refractivity contribution in [2.75, 3.05) is 18.5 Å². The monoisotopic (exact) mass is 366 g/mol. The number of rotatable bonds is 6. The molecule has 0 aliphatic carbocycles. The molecule has 0 saturated carbocycles. The smallest absolute Gasteiger partial charge is 0.338 e. The van der Waals surface area contributed by atoms with Gasteiger partial charge in [0.2, 0.25) is 5.91 Å². The van der Waals surface area contributed by atoms with Crippen molar-refractivity contribution in [3.63, 3.8) is 0 Å². The second kappa shape index (κ2) is 8.13. The van der Waals surface area contributed by atoms with Crippen molar-refractivity contribution in [1.29, 1.82) is 0 Å². The minimum atomic E-state index is -0.444. The maximum atomic E-state index is 12.2. The first-order chi connectivity index (χ1) is 13.1. The number of benzene rings is 2. The fourth-order valence-electron chi connectivity index (χ4n) is 2.49. The van der Waals surface area contributed by atoms with Crippen molar-refractivity contribution in [2.45, 2.75) is 6.92 Å². The first kappa shape index (κ1) is 18.1. The fourth-order valence-corrected chi connectivity index (χ4v) is 2.49. The first-order valence-corrected chi connectivity index (χ1v) is 8.37. The number of carbonyl (C=O) groups excluding carboxylic acids is 3. The van der Waals surface area contributed by atoms with Crippen molar-refractivity contribution in [3.05, 3.63) is 59.8 Å². The zero-order chi connectivity index (χ0) is 19.2. The number of aromatic amines is 1. The molecule has 0 saturated heterocycles. The van der Waals surface area contributed by atoms with Crippen LogP contribution in [0.5, 0.6) is 0 Å². The molecule has 8 heteroatoms. The summed E-state index contributed by atoms with van der Waals surface area (Å²) in [5.74, 6) is -1.26. The molecule has 0 spiro atoms. The van der Waals surface area contributed by atoms with E-state index in [1.807, 2.05) is 12.1 Å². The summed E-state index contributed by atoms with van der Waals surface area (Å²) in [5, 5.41) is 12.6. The van der Waals surface area contributed by atoms with Gasteiger partial charge in [-0.05, 0) is 37.3 Å². The third-order valence-electron chi connectivity index (χ3n) is 3.77. The second-order valence-electron chi connectivity index (χ2n) is 5.65. The van der Waals surface area contributed by atoms with Gasteiger partial charge in [0.25, 0.3) is 5.91 Å². The normalized spacial score (nSPS) is 10.4. The van der Waals surface area contributed by atoms with Gasteiger partial charge in [0.1, 0.15) is 0 Å². The van der Waals surface area contributed by atoms with Gasteiger partial charge >= 0.3 is 5.97 Å². The molecule has 138 valence electrons. The molecule has 3 rings (SSSR count). The lowest BCUT2D eigenvalue weighted by Gasteiger charge is -2.07. The van der Waals surface area contributed by atoms with E-state index >= 15 is 0 Å². The Morgan fingerprint density at radius 2 is 1.81 bits per heavy atom. The molecule has 0 aliphatic rings. The highest BCUT2D eigenvalue weighted by Crippen LogP contribution is 2.14. The van der Waals surface area contributed by atoms with Gasteiger partial charge in [-0.15, -0.1) is 0 Å². The molecule has 8 nitrogen and oxygen atoms in total. The Hall–Kier alpha value is -3.68. The Morgan fingerprint density at radius 3 is 2.56 bits per heavy atom. The fraction of sp³-hybridized carbons (Fsp3) is 0.158. The van der Waals surface area contributed by atoms with E-state index in [1.54, 1.807) is 43.3 Å². The highest BCUT2D eigenvalue weighted by molar-refractivity contribution is 6.06. The number of anilines is 1. The standard InChI is InChI=1S/C19H18N4O4/c1-2-27-19(26)12-7-9-13(10-8-12)21-16(24)11-20-18(25)17-14-5-3-4-6-15(14)22-23-17/h3-10H,2,11H2,1H3,(H,20,25)(H,21,24)(H,22,23). The van der Waals surface area contributed by atoms with Crippen molar-refractivity contribution in [3.8, 4) is 0 Å². The predicted octanol–water partition coefficient (Wildman–Crippen LogP) is 2.11. The lowest BCUT2D eigenvalue weighted by molar-refractivity contribution is -0.115. The number of fused-ring (bicyclic) bond motifs is 1. The Labute approximate surface area is 154 Å². The third kappa shape index (κ3) is 4.30. The highest BCUT2D eigenvalue weighted by Gasteiger charge is 2.14. The molecule has 0 atom stereocenters. The molecule has 27 heavy (non-hydrogen) atoms. The quantitative estimate of drug-likeness (QED) is 0.578. The summed E-state index contributed by atoms with van der Waals surface area (Å²) in [4.78, 5) is 35.9. The largest absolute Gasteiger partial charge is 0.462 e. The van der Waals surface area contributed by atoms with Gasteiger partial charge < -0.3 is 15.4 Å². The third-order valence-corrected chi connectivity index (χ3v) is 3.77. The first-order valence-electron chi connectivity index (χ1n) is 8.37. The molecule has 1 aromatic heterocycles. The molecule has 3 N–H and O–H groups in total. The van der Waals surface area contributed by atoms with E-state index < -0.39 is 17.8 Å². The number of amides is 2. The van der Waals surface area contributed by atoms with Crippen LogP contribution in [0.2, 0.25) is 0 Å². The zero-order valence-electron chi connectivity index (χ0n) is 14.6. The molecule has 0 bridgehead atoms. The van der Waals surface area contributed by atoms with Crippen LogP contribution in [0.1, 0.15) is 27.8 Å². The molecule has 2 aromatic carbocycles. The van der Waals surface area contributed by atoms with Crippen molar-refractivity contribution < 1.29 is 19.1 Å². The number of carbonyl (C=O) groups is 3. The van der Waals surface area contributed by atoms with Crippen LogP contribution in [0.3, 0.4) is 0 Å². The van der Waals surface area contributed by atoms with Gasteiger partial charge in [-0.1, -0.05) is 18.2 Å². The van der Waals surface area contributed by atoms with Crippen molar-refractivity contribution >= 4 is 34.4 Å². The molecule has 2 amide bonds. The van der Waals surface area contributed by atoms with Gasteiger partial charge in [0.05, 0.1) is 24.2 Å². The summed E-state index contributed by atoms with van der Waals surface area (Å²) >= 11 is 0. The summed E-state index contributed by atoms with van der Waals surface area (Å²) in [6.07, 6.45) is 0. The Morgan fingerprint density at radius 1 is 1.07 bits per heavy atom. The number of nitrogens with zero attached hydrogens (tertiary/aromatic N) is 1. The number of hydrogen-bond donors (Lipinski definition) is 3. The van der Waals surface area contributed by atoms with Crippen molar-refractivity contribution in [2.24, 2.45) is 0 Å². The number of H-pyrrole nitrogens is 1. The molecule has 0 fully saturated rings. The summed E-state index contributed by atoms with van der Waals surface area (Å²) in [6, 6.07) is 13.5.